The lowest BCUT2D eigenvalue weighted by atomic mass is 9.55. The van der Waals surface area contributed by atoms with Crippen molar-refractivity contribution in [2.45, 2.75) is 166 Å². The number of ether oxygens (including phenoxy) is 5. The number of amides is 2. The summed E-state index contributed by atoms with van der Waals surface area (Å²) in [7, 11) is 1.39. The summed E-state index contributed by atoms with van der Waals surface area (Å²) >= 11 is 0. The third-order valence-corrected chi connectivity index (χ3v) is 15.1. The second-order valence-corrected chi connectivity index (χ2v) is 19.9. The van der Waals surface area contributed by atoms with E-state index < -0.39 is 36.2 Å². The summed E-state index contributed by atoms with van der Waals surface area (Å²) in [6, 6.07) is 19.0. The molecule has 1 saturated heterocycles. The van der Waals surface area contributed by atoms with Gasteiger partial charge in [-0.15, -0.1) is 6.58 Å². The molecule has 2 amide bonds. The molecule has 3 aromatic rings. The van der Waals surface area contributed by atoms with Gasteiger partial charge in [0.15, 0.2) is 0 Å². The fourth-order valence-electron chi connectivity index (χ4n) is 11.6. The number of nitrogens with one attached hydrogen (secondary N) is 1. The highest BCUT2D eigenvalue weighted by atomic mass is 16.8. The highest BCUT2D eigenvalue weighted by molar-refractivity contribution is 6.03. The van der Waals surface area contributed by atoms with Crippen molar-refractivity contribution in [1.29, 1.82) is 0 Å². The van der Waals surface area contributed by atoms with Gasteiger partial charge in [0.2, 0.25) is 12.1 Å². The molecule has 2 aliphatic carbocycles. The highest BCUT2D eigenvalue weighted by Crippen LogP contribution is 2.62. The van der Waals surface area contributed by atoms with Gasteiger partial charge in [0.25, 0.3) is 0 Å². The first kappa shape index (κ1) is 53.8. The average molecular weight is 980 g/mol. The first-order valence-corrected chi connectivity index (χ1v) is 27.0. The summed E-state index contributed by atoms with van der Waals surface area (Å²) in [5, 5.41) is 30.1. The molecule has 0 spiro atoms. The first-order chi connectivity index (χ1) is 34.8. The Kier molecular flexibility index (Phi) is 21.0. The normalized spacial score (nSPS) is 24.0. The summed E-state index contributed by atoms with van der Waals surface area (Å²) < 4.78 is 32.3. The monoisotopic (exact) mass is 980 g/mol. The molecule has 2 fully saturated rings. The van der Waals surface area contributed by atoms with Crippen LogP contribution in [0.25, 0.3) is 10.8 Å². The van der Waals surface area contributed by atoms with Crippen molar-refractivity contribution >= 4 is 28.7 Å². The molecule has 0 radical (unpaired) electrons. The van der Waals surface area contributed by atoms with E-state index >= 15 is 0 Å². The standard InChI is InChI=1S/C58H81N3O10/c1-4-6-7-8-9-10-11-12-13-19-33-59-56(64)69-45-31-32-51-49(39-45)54-47(29-17-21-35-63)43(25-16-20-34-62)38-48-50(60-71-53-30-18-22-37-67-53)40-52(58(70-51,55(48)54)68-36-5-2)61(57(65)66-3)41-44-27-23-26-42-24-14-15-28-46(42)44/h5,14-15,23-24,26-28,31-32,38-39,43,47,52-55,62-63H,2,4,6-13,16-22,25,29-30,33-37,40-41H2,1,3H3,(H,59,64)/t43-,47+,52-,53?,54+,55+,58+/m0/s1. The quantitative estimate of drug-likeness (QED) is 0.0363. The maximum absolute atomic E-state index is 14.6. The second-order valence-electron chi connectivity index (χ2n) is 19.9. The Morgan fingerprint density at radius 2 is 1.65 bits per heavy atom. The zero-order valence-corrected chi connectivity index (χ0v) is 42.5. The van der Waals surface area contributed by atoms with Crippen LogP contribution in [0.4, 0.5) is 9.59 Å². The van der Waals surface area contributed by atoms with Crippen molar-refractivity contribution in [2.75, 3.05) is 40.1 Å². The lowest BCUT2D eigenvalue weighted by Gasteiger charge is -2.59. The van der Waals surface area contributed by atoms with E-state index in [9.17, 15) is 19.8 Å². The van der Waals surface area contributed by atoms with Gasteiger partial charge in [-0.05, 0) is 96.9 Å². The Hall–Kier alpha value is -4.95. The molecule has 13 heteroatoms. The van der Waals surface area contributed by atoms with E-state index in [1.54, 1.807) is 17.0 Å². The zero-order chi connectivity index (χ0) is 49.8. The molecule has 0 bridgehead atoms. The molecule has 2 heterocycles. The number of fused-ring (bicyclic) bond motifs is 3. The Morgan fingerprint density at radius 1 is 0.901 bits per heavy atom. The van der Waals surface area contributed by atoms with Crippen molar-refractivity contribution < 1.29 is 48.3 Å². The molecule has 3 aromatic carbocycles. The summed E-state index contributed by atoms with van der Waals surface area (Å²) in [6.45, 7) is 7.87. The number of rotatable bonds is 28. The molecule has 7 atom stereocenters. The van der Waals surface area contributed by atoms with Crippen LogP contribution in [0, 0.1) is 17.8 Å². The fraction of sp³-hybridized carbons (Fsp3) is 0.603. The van der Waals surface area contributed by atoms with Crippen LogP contribution < -0.4 is 14.8 Å². The molecule has 388 valence electrons. The molecule has 7 rings (SSSR count). The molecule has 71 heavy (non-hydrogen) atoms. The minimum absolute atomic E-state index is 0.0176. The van der Waals surface area contributed by atoms with Gasteiger partial charge < -0.3 is 44.1 Å². The number of methoxy groups -OCH3 is 1. The van der Waals surface area contributed by atoms with Gasteiger partial charge >= 0.3 is 12.2 Å². The Bertz CT molecular complexity index is 2220. The number of aliphatic hydroxyl groups excluding tert-OH is 2. The van der Waals surface area contributed by atoms with Gasteiger partial charge in [0.1, 0.15) is 17.5 Å². The van der Waals surface area contributed by atoms with E-state index in [1.807, 2.05) is 36.4 Å². The largest absolute Gasteiger partial charge is 0.459 e. The van der Waals surface area contributed by atoms with E-state index in [0.717, 1.165) is 85.3 Å². The summed E-state index contributed by atoms with van der Waals surface area (Å²) in [4.78, 5) is 36.1. The van der Waals surface area contributed by atoms with Crippen LogP contribution in [0.3, 0.4) is 0 Å². The van der Waals surface area contributed by atoms with Crippen molar-refractivity contribution in [3.63, 3.8) is 0 Å². The second kappa shape index (κ2) is 27.8. The molecule has 1 saturated carbocycles. The van der Waals surface area contributed by atoms with Gasteiger partial charge in [-0.2, -0.15) is 0 Å². The van der Waals surface area contributed by atoms with Crippen LogP contribution in [0.15, 0.2) is 90.1 Å². The van der Waals surface area contributed by atoms with Gasteiger partial charge in [0, 0.05) is 44.1 Å². The molecule has 2 aliphatic heterocycles. The smallest absolute Gasteiger partial charge is 0.412 e. The topological polar surface area (TPSA) is 158 Å². The molecule has 3 N–H and O–H groups in total. The lowest BCUT2D eigenvalue weighted by Crippen LogP contribution is -2.70. The van der Waals surface area contributed by atoms with Gasteiger partial charge in [-0.3, -0.25) is 4.90 Å². The fourth-order valence-corrected chi connectivity index (χ4v) is 11.6. The Balaban J connectivity index is 1.29. The summed E-state index contributed by atoms with van der Waals surface area (Å²) in [6.07, 6.45) is 21.7. The van der Waals surface area contributed by atoms with Crippen molar-refractivity contribution in [3.05, 3.63) is 96.1 Å². The molecular formula is C58H81N3O10. The number of carbonyl (C=O) groups excluding carboxylic acids is 2. The van der Waals surface area contributed by atoms with Crippen LogP contribution in [0.1, 0.15) is 152 Å². The van der Waals surface area contributed by atoms with E-state index in [0.29, 0.717) is 49.6 Å². The predicted molar refractivity (Wildman–Crippen MR) is 277 cm³/mol. The highest BCUT2D eigenvalue weighted by Gasteiger charge is 2.66. The minimum Gasteiger partial charge on any atom is -0.459 e. The Morgan fingerprint density at radius 3 is 2.38 bits per heavy atom. The number of hydrogen-bond donors (Lipinski definition) is 3. The number of carbonyl (C=O) groups is 2. The van der Waals surface area contributed by atoms with Crippen LogP contribution in [0.2, 0.25) is 0 Å². The maximum Gasteiger partial charge on any atom is 0.412 e. The minimum atomic E-state index is -1.50. The van der Waals surface area contributed by atoms with Gasteiger partial charge in [-0.1, -0.05) is 137 Å². The van der Waals surface area contributed by atoms with Crippen LogP contribution in [-0.2, 0) is 25.6 Å². The number of benzene rings is 3. The zero-order valence-electron chi connectivity index (χ0n) is 42.5. The number of unbranched alkanes of at least 4 members (excludes halogenated alkanes) is 11. The summed E-state index contributed by atoms with van der Waals surface area (Å²) in [5.74, 6) is -1.42. The van der Waals surface area contributed by atoms with Gasteiger partial charge in [0.05, 0.1) is 38.5 Å². The molecule has 1 unspecified atom stereocenters. The number of aliphatic hydroxyl groups is 2. The molecule has 13 nitrogen and oxygen atoms in total. The molecular weight excluding hydrogens is 899 g/mol. The third kappa shape index (κ3) is 13.8. The predicted octanol–water partition coefficient (Wildman–Crippen LogP) is 12.3. The number of nitrogens with zero attached hydrogens (tertiary/aromatic N) is 2. The average Bonchev–Trinajstić information content (AvgIpc) is 3.39. The SMILES string of the molecule is C=CCO[C@@]12Oc3ccc(OC(=O)NCCCCCCCCCCCC)cc3[C@H]3[C@H](CCCCO)[C@@H](CCCCO)C=C(C(=NOC4CCCCO4)C[C@@H]1N(Cc1cccc4ccccc14)C(=O)OC)[C@H]32. The summed E-state index contributed by atoms with van der Waals surface area (Å²) in [5.41, 5.74) is 3.35. The van der Waals surface area contributed by atoms with E-state index in [2.05, 4.69) is 43.1 Å². The van der Waals surface area contributed by atoms with Gasteiger partial charge in [-0.25, -0.2) is 9.59 Å². The number of allylic oxidation sites excluding steroid dienone is 1. The van der Waals surface area contributed by atoms with Crippen LogP contribution >= 0.6 is 0 Å². The molecule has 0 aromatic heterocycles. The number of hydrogen-bond acceptors (Lipinski definition) is 11. The first-order valence-electron chi connectivity index (χ1n) is 27.0. The number of oxime groups is 1. The van der Waals surface area contributed by atoms with E-state index in [1.165, 1.54) is 52.1 Å². The molecule has 4 aliphatic rings. The van der Waals surface area contributed by atoms with Crippen molar-refractivity contribution in [1.82, 2.24) is 10.2 Å². The van der Waals surface area contributed by atoms with Crippen LogP contribution in [-0.4, -0.2) is 91.2 Å². The van der Waals surface area contributed by atoms with Crippen molar-refractivity contribution in [2.24, 2.45) is 22.9 Å². The van der Waals surface area contributed by atoms with Crippen molar-refractivity contribution in [3.8, 4) is 11.5 Å². The van der Waals surface area contributed by atoms with E-state index in [-0.39, 0.29) is 50.5 Å². The lowest BCUT2D eigenvalue weighted by molar-refractivity contribution is -0.256. The van der Waals surface area contributed by atoms with Crippen LogP contribution in [0.5, 0.6) is 11.5 Å². The Labute approximate surface area is 422 Å². The van der Waals surface area contributed by atoms with E-state index in [4.69, 9.17) is 33.7 Å². The maximum atomic E-state index is 14.6. The third-order valence-electron chi connectivity index (χ3n) is 15.1.